The normalized spacial score (nSPS) is 27.3. The summed E-state index contributed by atoms with van der Waals surface area (Å²) >= 11 is 5.88. The minimum atomic E-state index is -3.06. The van der Waals surface area contributed by atoms with Crippen molar-refractivity contribution in [2.45, 2.75) is 44.6 Å². The van der Waals surface area contributed by atoms with E-state index in [1.165, 1.54) is 25.5 Å². The first-order valence-electron chi connectivity index (χ1n) is 10.7. The van der Waals surface area contributed by atoms with E-state index in [0.29, 0.717) is 18.1 Å². The van der Waals surface area contributed by atoms with Crippen LogP contribution in [-0.2, 0) is 14.8 Å². The largest absolute Gasteiger partial charge is 0.378 e. The monoisotopic (exact) mass is 442 g/mol. The van der Waals surface area contributed by atoms with Gasteiger partial charge in [0.2, 0.25) is 16.0 Å². The van der Waals surface area contributed by atoms with Gasteiger partial charge in [0, 0.05) is 32.8 Å². The predicted octanol–water partition coefficient (Wildman–Crippen LogP) is 2.81. The van der Waals surface area contributed by atoms with E-state index < -0.39 is 10.0 Å². The Hall–Kier alpha value is -0.960. The van der Waals surface area contributed by atoms with Gasteiger partial charge in [0.05, 0.1) is 29.8 Å². The molecule has 1 aliphatic carbocycles. The second-order valence-electron chi connectivity index (χ2n) is 8.71. The maximum Gasteiger partial charge on any atom is 0.225 e. The zero-order chi connectivity index (χ0) is 20.4. The molecule has 2 aliphatic heterocycles. The van der Waals surface area contributed by atoms with Gasteiger partial charge in [-0.3, -0.25) is 0 Å². The first-order chi connectivity index (χ1) is 13.9. The maximum atomic E-state index is 11.6. The van der Waals surface area contributed by atoms with Gasteiger partial charge in [0.25, 0.3) is 0 Å². The molecule has 9 heteroatoms. The van der Waals surface area contributed by atoms with Gasteiger partial charge in [-0.1, -0.05) is 11.6 Å². The Balaban J connectivity index is 1.12. The highest BCUT2D eigenvalue weighted by atomic mass is 35.5. The summed E-state index contributed by atoms with van der Waals surface area (Å²) in [5.74, 6) is 3.24. The van der Waals surface area contributed by atoms with Gasteiger partial charge in [-0.15, -0.1) is 0 Å². The fraction of sp³-hybridized carbons (Fsp3) is 0.800. The van der Waals surface area contributed by atoms with Crippen LogP contribution in [0.1, 0.15) is 38.5 Å². The minimum Gasteiger partial charge on any atom is -0.378 e. The van der Waals surface area contributed by atoms with E-state index in [1.54, 1.807) is 16.7 Å². The Kier molecular flexibility index (Phi) is 6.63. The molecule has 0 spiro atoms. The Morgan fingerprint density at radius 1 is 1.10 bits per heavy atom. The van der Waals surface area contributed by atoms with Crippen LogP contribution in [0.25, 0.3) is 0 Å². The Morgan fingerprint density at radius 3 is 2.38 bits per heavy atom. The third kappa shape index (κ3) is 5.60. The van der Waals surface area contributed by atoms with Crippen molar-refractivity contribution in [1.82, 2.24) is 14.3 Å². The summed E-state index contributed by atoms with van der Waals surface area (Å²) in [6.45, 7) is 4.02. The number of sulfonamides is 1. The SMILES string of the molecule is CS(=O)(=O)N1CCC(OCC[C@@H]2C[C@@H]2C2CCN(c3ncc(Cl)cn3)CC2)CC1. The minimum absolute atomic E-state index is 0.216. The molecule has 0 amide bonds. The van der Waals surface area contributed by atoms with Crippen LogP contribution in [0.4, 0.5) is 5.95 Å². The summed E-state index contributed by atoms with van der Waals surface area (Å²) in [6, 6.07) is 0. The number of hydrogen-bond acceptors (Lipinski definition) is 6. The molecule has 3 aliphatic rings. The van der Waals surface area contributed by atoms with Crippen molar-refractivity contribution in [2.75, 3.05) is 43.9 Å². The first-order valence-corrected chi connectivity index (χ1v) is 12.9. The molecule has 7 nitrogen and oxygen atoms in total. The lowest BCUT2D eigenvalue weighted by Crippen LogP contribution is -2.40. The van der Waals surface area contributed by atoms with E-state index in [9.17, 15) is 8.42 Å². The van der Waals surface area contributed by atoms with Crippen molar-refractivity contribution < 1.29 is 13.2 Å². The first kappa shape index (κ1) is 21.3. The van der Waals surface area contributed by atoms with Crippen LogP contribution in [0.3, 0.4) is 0 Å². The van der Waals surface area contributed by atoms with Crippen LogP contribution < -0.4 is 4.90 Å². The molecule has 3 heterocycles. The molecule has 0 N–H and O–H groups in total. The molecular formula is C20H31ClN4O3S. The van der Waals surface area contributed by atoms with Gasteiger partial charge in [-0.05, 0) is 56.3 Å². The molecule has 1 aromatic rings. The third-order valence-corrected chi connectivity index (χ3v) is 8.22. The quantitative estimate of drug-likeness (QED) is 0.646. The van der Waals surface area contributed by atoms with E-state index >= 15 is 0 Å². The molecule has 0 radical (unpaired) electrons. The lowest BCUT2D eigenvalue weighted by atomic mass is 9.90. The summed E-state index contributed by atoms with van der Waals surface area (Å²) < 4.78 is 30.8. The number of nitrogens with zero attached hydrogens (tertiary/aromatic N) is 4. The average molecular weight is 443 g/mol. The Morgan fingerprint density at radius 2 is 1.76 bits per heavy atom. The van der Waals surface area contributed by atoms with Crippen molar-refractivity contribution in [2.24, 2.45) is 17.8 Å². The second kappa shape index (κ2) is 9.04. The topological polar surface area (TPSA) is 75.6 Å². The van der Waals surface area contributed by atoms with Gasteiger partial charge < -0.3 is 9.64 Å². The summed E-state index contributed by atoms with van der Waals surface area (Å²) in [5.41, 5.74) is 0. The molecule has 29 heavy (non-hydrogen) atoms. The van der Waals surface area contributed by atoms with E-state index in [1.807, 2.05) is 0 Å². The van der Waals surface area contributed by atoms with Crippen molar-refractivity contribution in [3.8, 4) is 0 Å². The van der Waals surface area contributed by atoms with Gasteiger partial charge in [-0.2, -0.15) is 0 Å². The Bertz CT molecular complexity index is 775. The van der Waals surface area contributed by atoms with E-state index in [4.69, 9.17) is 16.3 Å². The smallest absolute Gasteiger partial charge is 0.225 e. The summed E-state index contributed by atoms with van der Waals surface area (Å²) in [7, 11) is -3.06. The van der Waals surface area contributed by atoms with Crippen molar-refractivity contribution >= 4 is 27.6 Å². The fourth-order valence-corrected chi connectivity index (χ4v) is 5.86. The van der Waals surface area contributed by atoms with Crippen LogP contribution in [0, 0.1) is 17.8 Å². The van der Waals surface area contributed by atoms with Gasteiger partial charge in [-0.25, -0.2) is 22.7 Å². The number of ether oxygens (including phenoxy) is 1. The van der Waals surface area contributed by atoms with Crippen molar-refractivity contribution in [1.29, 1.82) is 0 Å². The van der Waals surface area contributed by atoms with Crippen LogP contribution >= 0.6 is 11.6 Å². The van der Waals surface area contributed by atoms with Gasteiger partial charge in [0.1, 0.15) is 0 Å². The molecule has 1 saturated carbocycles. The highest BCUT2D eigenvalue weighted by Gasteiger charge is 2.43. The number of halogens is 1. The van der Waals surface area contributed by atoms with Crippen LogP contribution in [0.2, 0.25) is 5.02 Å². The van der Waals surface area contributed by atoms with Gasteiger partial charge >= 0.3 is 0 Å². The maximum absolute atomic E-state index is 11.6. The molecule has 2 atom stereocenters. The number of aromatic nitrogens is 2. The molecule has 2 saturated heterocycles. The van der Waals surface area contributed by atoms with E-state index in [-0.39, 0.29) is 6.10 Å². The number of rotatable bonds is 7. The summed E-state index contributed by atoms with van der Waals surface area (Å²) in [6.07, 6.45) is 11.3. The lowest BCUT2D eigenvalue weighted by molar-refractivity contribution is 0.0175. The highest BCUT2D eigenvalue weighted by molar-refractivity contribution is 7.88. The highest BCUT2D eigenvalue weighted by Crippen LogP contribution is 2.49. The van der Waals surface area contributed by atoms with Crippen LogP contribution in [0.5, 0.6) is 0 Å². The fourth-order valence-electron chi connectivity index (χ4n) is 4.89. The zero-order valence-electron chi connectivity index (χ0n) is 17.0. The molecule has 1 aromatic heterocycles. The number of anilines is 1. The summed E-state index contributed by atoms with van der Waals surface area (Å²) in [5, 5.41) is 0.577. The molecule has 0 unspecified atom stereocenters. The Labute approximate surface area is 178 Å². The van der Waals surface area contributed by atoms with Crippen molar-refractivity contribution in [3.63, 3.8) is 0 Å². The number of hydrogen-bond donors (Lipinski definition) is 0. The van der Waals surface area contributed by atoms with Crippen LogP contribution in [-0.4, -0.2) is 67.8 Å². The average Bonchev–Trinajstić information content (AvgIpc) is 3.48. The standard InChI is InChI=1S/C20H31ClN4O3S/c1-29(26,27)25-9-4-18(5-10-25)28-11-6-16-12-19(16)15-2-7-24(8-3-15)20-22-13-17(21)14-23-20/h13-16,18-19H,2-12H2,1H3/t16-,19-/m1/s1. The van der Waals surface area contributed by atoms with E-state index in [0.717, 1.165) is 62.7 Å². The van der Waals surface area contributed by atoms with Gasteiger partial charge in [0.15, 0.2) is 0 Å². The molecule has 3 fully saturated rings. The predicted molar refractivity (Wildman–Crippen MR) is 114 cm³/mol. The second-order valence-corrected chi connectivity index (χ2v) is 11.1. The number of piperidine rings is 2. The third-order valence-electron chi connectivity index (χ3n) is 6.72. The summed E-state index contributed by atoms with van der Waals surface area (Å²) in [4.78, 5) is 10.9. The molecule has 162 valence electrons. The molecular weight excluding hydrogens is 412 g/mol. The van der Waals surface area contributed by atoms with E-state index in [2.05, 4.69) is 14.9 Å². The molecule has 0 aromatic carbocycles. The zero-order valence-corrected chi connectivity index (χ0v) is 18.6. The molecule has 0 bridgehead atoms. The lowest BCUT2D eigenvalue weighted by Gasteiger charge is -2.32. The van der Waals surface area contributed by atoms with Crippen molar-refractivity contribution in [3.05, 3.63) is 17.4 Å². The van der Waals surface area contributed by atoms with Crippen LogP contribution in [0.15, 0.2) is 12.4 Å². The molecule has 4 rings (SSSR count).